The Morgan fingerprint density at radius 3 is 2.45 bits per heavy atom. The Balaban J connectivity index is 1.45. The highest BCUT2D eigenvalue weighted by atomic mass is 16.7. The monoisotopic (exact) mass is 457 g/mol. The zero-order chi connectivity index (χ0) is 23.0. The lowest BCUT2D eigenvalue weighted by Crippen LogP contribution is -2.24. The molecule has 4 rings (SSSR count). The molecule has 0 aromatic heterocycles. The summed E-state index contributed by atoms with van der Waals surface area (Å²) in [6.45, 7) is 7.96. The zero-order valence-corrected chi connectivity index (χ0v) is 19.2. The van der Waals surface area contributed by atoms with Gasteiger partial charge in [0.1, 0.15) is 5.75 Å². The van der Waals surface area contributed by atoms with Crippen LogP contribution in [0.5, 0.6) is 17.2 Å². The molecule has 1 amide bonds. The summed E-state index contributed by atoms with van der Waals surface area (Å²) in [5.74, 6) is 1.93. The third-order valence-corrected chi connectivity index (χ3v) is 5.55. The second-order valence-electron chi connectivity index (χ2n) is 7.76. The van der Waals surface area contributed by atoms with Crippen LogP contribution in [0.2, 0.25) is 0 Å². The van der Waals surface area contributed by atoms with Crippen molar-refractivity contribution in [3.8, 4) is 17.2 Å². The molecule has 2 aliphatic heterocycles. The number of carbonyl (C=O) groups is 1. The van der Waals surface area contributed by atoms with Crippen LogP contribution in [0.25, 0.3) is 0 Å². The Bertz CT molecular complexity index is 962. The van der Waals surface area contributed by atoms with Gasteiger partial charge in [0.15, 0.2) is 11.5 Å². The molecule has 0 fully saturated rings. The van der Waals surface area contributed by atoms with Crippen molar-refractivity contribution in [1.82, 2.24) is 0 Å². The smallest absolute Gasteiger partial charge is 0.231 e. The first-order valence-corrected chi connectivity index (χ1v) is 11.4. The summed E-state index contributed by atoms with van der Waals surface area (Å²) in [5.41, 5.74) is 3.71. The van der Waals surface area contributed by atoms with Crippen molar-refractivity contribution >= 4 is 11.6 Å². The molecule has 0 radical (unpaired) electrons. The fourth-order valence-electron chi connectivity index (χ4n) is 4.04. The van der Waals surface area contributed by atoms with E-state index in [1.54, 1.807) is 0 Å². The number of hydrogen-bond donors (Lipinski definition) is 1. The maximum Gasteiger partial charge on any atom is 0.231 e. The van der Waals surface area contributed by atoms with Crippen LogP contribution in [0.3, 0.4) is 0 Å². The van der Waals surface area contributed by atoms with Crippen molar-refractivity contribution in [1.29, 1.82) is 0 Å². The van der Waals surface area contributed by atoms with Crippen LogP contribution in [-0.4, -0.2) is 52.3 Å². The topological polar surface area (TPSA) is 84.5 Å². The van der Waals surface area contributed by atoms with Gasteiger partial charge in [0, 0.05) is 36.3 Å². The molecule has 0 spiro atoms. The lowest BCUT2D eigenvalue weighted by Gasteiger charge is -2.28. The van der Waals surface area contributed by atoms with E-state index in [0.717, 1.165) is 28.1 Å². The molecule has 33 heavy (non-hydrogen) atoms. The highest BCUT2D eigenvalue weighted by molar-refractivity contribution is 5.96. The molecule has 0 saturated carbocycles. The molecule has 0 saturated heterocycles. The van der Waals surface area contributed by atoms with Crippen LogP contribution in [0.4, 0.5) is 5.69 Å². The zero-order valence-electron chi connectivity index (χ0n) is 19.2. The minimum Gasteiger partial charge on any atom is -0.494 e. The van der Waals surface area contributed by atoms with Gasteiger partial charge in [0.25, 0.3) is 0 Å². The number of amides is 1. The van der Waals surface area contributed by atoms with Gasteiger partial charge in [-0.1, -0.05) is 12.1 Å². The highest BCUT2D eigenvalue weighted by Gasteiger charge is 2.31. The van der Waals surface area contributed by atoms with Crippen molar-refractivity contribution in [2.75, 3.05) is 51.8 Å². The molecular weight excluding hydrogens is 426 g/mol. The Hall–Kier alpha value is -2.81. The second kappa shape index (κ2) is 11.4. The first kappa shape index (κ1) is 23.4. The molecule has 2 aliphatic rings. The summed E-state index contributed by atoms with van der Waals surface area (Å²) >= 11 is 0. The number of fused-ring (bicyclic) bond motifs is 2. The van der Waals surface area contributed by atoms with E-state index in [-0.39, 0.29) is 18.6 Å². The van der Waals surface area contributed by atoms with Crippen molar-refractivity contribution < 1.29 is 33.2 Å². The number of anilines is 1. The third kappa shape index (κ3) is 5.76. The quantitative estimate of drug-likeness (QED) is 0.485. The van der Waals surface area contributed by atoms with Crippen molar-refractivity contribution in [3.63, 3.8) is 0 Å². The fourth-order valence-corrected chi connectivity index (χ4v) is 4.04. The van der Waals surface area contributed by atoms with E-state index in [4.69, 9.17) is 28.4 Å². The van der Waals surface area contributed by atoms with Crippen LogP contribution in [0.15, 0.2) is 30.3 Å². The summed E-state index contributed by atoms with van der Waals surface area (Å²) < 4.78 is 33.5. The van der Waals surface area contributed by atoms with E-state index in [9.17, 15) is 4.79 Å². The number of benzene rings is 2. The molecule has 1 atom stereocenters. The summed E-state index contributed by atoms with van der Waals surface area (Å²) in [4.78, 5) is 12.5. The van der Waals surface area contributed by atoms with Gasteiger partial charge in [-0.2, -0.15) is 0 Å². The van der Waals surface area contributed by atoms with E-state index < -0.39 is 0 Å². The minimum absolute atomic E-state index is 0.0365. The second-order valence-corrected chi connectivity index (χ2v) is 7.76. The Kier molecular flexibility index (Phi) is 8.04. The summed E-state index contributed by atoms with van der Waals surface area (Å²) in [6.07, 6.45) is 0.335. The van der Waals surface area contributed by atoms with Gasteiger partial charge >= 0.3 is 0 Å². The summed E-state index contributed by atoms with van der Waals surface area (Å²) in [5, 5.41) is 2.95. The Labute approximate surface area is 194 Å². The number of hydrogen-bond acceptors (Lipinski definition) is 7. The summed E-state index contributed by atoms with van der Waals surface area (Å²) in [7, 11) is 0. The molecule has 8 nitrogen and oxygen atoms in total. The van der Waals surface area contributed by atoms with Gasteiger partial charge in [-0.05, 0) is 37.1 Å². The van der Waals surface area contributed by atoms with Gasteiger partial charge < -0.3 is 33.7 Å². The molecular formula is C25H31NO7. The van der Waals surface area contributed by atoms with E-state index >= 15 is 0 Å². The lowest BCUT2D eigenvalue weighted by atomic mass is 9.83. The number of ether oxygens (including phenoxy) is 6. The molecule has 0 aliphatic carbocycles. The lowest BCUT2D eigenvalue weighted by molar-refractivity contribution is -0.116. The van der Waals surface area contributed by atoms with Crippen molar-refractivity contribution in [2.24, 2.45) is 0 Å². The number of carbonyl (C=O) groups excluding carboxylic acids is 1. The number of nitrogens with one attached hydrogen (secondary N) is 1. The fraction of sp³-hybridized carbons (Fsp3) is 0.480. The van der Waals surface area contributed by atoms with E-state index in [1.165, 1.54) is 0 Å². The SMILES string of the molecule is CCOCCOCCOCc1ccc(C2CC(=O)Nc3cc4c(cc32)OCO4)c(OCC)c1. The van der Waals surface area contributed by atoms with Crippen molar-refractivity contribution in [2.45, 2.75) is 32.8 Å². The van der Waals surface area contributed by atoms with Gasteiger partial charge in [0.2, 0.25) is 12.7 Å². The average Bonchev–Trinajstić information content (AvgIpc) is 3.27. The predicted octanol–water partition coefficient (Wildman–Crippen LogP) is 3.86. The molecule has 8 heteroatoms. The van der Waals surface area contributed by atoms with Crippen LogP contribution >= 0.6 is 0 Å². The van der Waals surface area contributed by atoms with E-state index in [0.29, 0.717) is 64.2 Å². The number of rotatable bonds is 12. The maximum atomic E-state index is 12.5. The van der Waals surface area contributed by atoms with Crippen LogP contribution in [0, 0.1) is 0 Å². The van der Waals surface area contributed by atoms with Gasteiger partial charge in [-0.3, -0.25) is 4.79 Å². The van der Waals surface area contributed by atoms with Crippen LogP contribution < -0.4 is 19.5 Å². The molecule has 1 N–H and O–H groups in total. The molecule has 2 aromatic rings. The standard InChI is InChI=1S/C25H31NO7/c1-3-28-7-8-29-9-10-30-15-17-5-6-18(22(11-17)31-4-2)19-13-25(27)26-21-14-24-23(12-20(19)21)32-16-33-24/h5-6,11-12,14,19H,3-4,7-10,13,15-16H2,1-2H3,(H,26,27). The normalized spacial score (nSPS) is 16.4. The molecule has 2 heterocycles. The predicted molar refractivity (Wildman–Crippen MR) is 122 cm³/mol. The van der Waals surface area contributed by atoms with Crippen LogP contribution in [-0.2, 0) is 25.6 Å². The maximum absolute atomic E-state index is 12.5. The van der Waals surface area contributed by atoms with E-state index in [2.05, 4.69) is 5.32 Å². The van der Waals surface area contributed by atoms with E-state index in [1.807, 2.05) is 44.2 Å². The average molecular weight is 458 g/mol. The molecule has 0 bridgehead atoms. The van der Waals surface area contributed by atoms with Gasteiger partial charge in [-0.25, -0.2) is 0 Å². The van der Waals surface area contributed by atoms with Gasteiger partial charge in [0.05, 0.1) is 39.6 Å². The summed E-state index contributed by atoms with van der Waals surface area (Å²) in [6, 6.07) is 9.83. The molecule has 2 aromatic carbocycles. The molecule has 178 valence electrons. The van der Waals surface area contributed by atoms with Crippen molar-refractivity contribution in [3.05, 3.63) is 47.0 Å². The Morgan fingerprint density at radius 2 is 1.67 bits per heavy atom. The highest BCUT2D eigenvalue weighted by Crippen LogP contribution is 2.46. The first-order chi connectivity index (χ1) is 16.2. The largest absolute Gasteiger partial charge is 0.494 e. The van der Waals surface area contributed by atoms with Crippen LogP contribution in [0.1, 0.15) is 42.9 Å². The molecule has 1 unspecified atom stereocenters. The Morgan fingerprint density at radius 1 is 0.909 bits per heavy atom. The minimum atomic E-state index is -0.140. The third-order valence-electron chi connectivity index (χ3n) is 5.55. The van der Waals surface area contributed by atoms with Gasteiger partial charge in [-0.15, -0.1) is 0 Å². The first-order valence-electron chi connectivity index (χ1n) is 11.4.